The second-order valence-corrected chi connectivity index (χ2v) is 6.44. The van der Waals surface area contributed by atoms with Gasteiger partial charge in [-0.05, 0) is 49.2 Å². The van der Waals surface area contributed by atoms with Crippen LogP contribution in [0.3, 0.4) is 0 Å². The van der Waals surface area contributed by atoms with Gasteiger partial charge in [0.15, 0.2) is 11.6 Å². The summed E-state index contributed by atoms with van der Waals surface area (Å²) in [7, 11) is 0. The molecule has 0 atom stereocenters. The third-order valence-corrected chi connectivity index (χ3v) is 4.59. The second kappa shape index (κ2) is 6.95. The van der Waals surface area contributed by atoms with E-state index in [2.05, 4.69) is 15.3 Å². The van der Waals surface area contributed by atoms with Gasteiger partial charge in [0.1, 0.15) is 5.82 Å². The summed E-state index contributed by atoms with van der Waals surface area (Å²) >= 11 is 0. The summed E-state index contributed by atoms with van der Waals surface area (Å²) in [5.41, 5.74) is 2.25. The molecule has 4 rings (SSSR count). The Morgan fingerprint density at radius 3 is 2.75 bits per heavy atom. The molecule has 0 aliphatic heterocycles. The first-order valence-corrected chi connectivity index (χ1v) is 8.61. The van der Waals surface area contributed by atoms with Crippen LogP contribution in [0.15, 0.2) is 36.4 Å². The molecule has 0 radical (unpaired) electrons. The van der Waals surface area contributed by atoms with Gasteiger partial charge in [-0.15, -0.1) is 0 Å². The molecule has 28 heavy (non-hydrogen) atoms. The Balaban J connectivity index is 1.41. The zero-order valence-corrected chi connectivity index (χ0v) is 14.8. The summed E-state index contributed by atoms with van der Waals surface area (Å²) in [5, 5.41) is 3.77. The van der Waals surface area contributed by atoms with Gasteiger partial charge in [-0.1, -0.05) is 0 Å². The van der Waals surface area contributed by atoms with E-state index in [0.717, 1.165) is 11.6 Å². The summed E-state index contributed by atoms with van der Waals surface area (Å²) in [6, 6.07) is 8.30. The first-order valence-electron chi connectivity index (χ1n) is 8.61. The average Bonchev–Trinajstić information content (AvgIpc) is 3.18. The molecule has 2 aromatic carbocycles. The number of fused-ring (bicyclic) bond motifs is 2. The van der Waals surface area contributed by atoms with E-state index >= 15 is 0 Å². The molecular weight excluding hydrogens is 371 g/mol. The number of aryl methyl sites for hydroxylation is 1. The van der Waals surface area contributed by atoms with Crippen molar-refractivity contribution in [3.05, 3.63) is 65.1 Å². The fourth-order valence-corrected chi connectivity index (χ4v) is 3.27. The minimum atomic E-state index is -0.922. The number of carbonyl (C=O) groups excluding carboxylic acids is 1. The standard InChI is InChI=1S/C20H16F3N3O2/c1-10-13(14-3-4-15(22)18(23)19(14)25-10)6-7-24-20(27)28-17-9-11-8-12(21)2-5-16(11)26-17/h2-5,8-9,25-26H,6-7H2,1H3,(H,24,27). The van der Waals surface area contributed by atoms with Crippen molar-refractivity contribution in [3.63, 3.8) is 0 Å². The second-order valence-electron chi connectivity index (χ2n) is 6.44. The third-order valence-electron chi connectivity index (χ3n) is 4.59. The van der Waals surface area contributed by atoms with Crippen molar-refractivity contribution in [1.82, 2.24) is 15.3 Å². The lowest BCUT2D eigenvalue weighted by Crippen LogP contribution is -2.28. The molecule has 0 unspecified atom stereocenters. The van der Waals surface area contributed by atoms with Crippen LogP contribution in [0.1, 0.15) is 11.3 Å². The number of nitrogens with one attached hydrogen (secondary N) is 3. The monoisotopic (exact) mass is 387 g/mol. The first-order chi connectivity index (χ1) is 13.4. The lowest BCUT2D eigenvalue weighted by Gasteiger charge is -2.06. The van der Waals surface area contributed by atoms with Gasteiger partial charge in [-0.25, -0.2) is 18.0 Å². The highest BCUT2D eigenvalue weighted by Crippen LogP contribution is 2.26. The molecule has 0 saturated heterocycles. The number of benzene rings is 2. The van der Waals surface area contributed by atoms with E-state index < -0.39 is 17.7 Å². The molecule has 0 aliphatic rings. The maximum atomic E-state index is 13.9. The SMILES string of the molecule is Cc1[nH]c2c(F)c(F)ccc2c1CCNC(=O)Oc1cc2cc(F)ccc2[nH]1. The van der Waals surface area contributed by atoms with E-state index in [9.17, 15) is 18.0 Å². The molecule has 0 saturated carbocycles. The number of hydrogen-bond donors (Lipinski definition) is 3. The van der Waals surface area contributed by atoms with Crippen molar-refractivity contribution < 1.29 is 22.7 Å². The molecule has 8 heteroatoms. The smallest absolute Gasteiger partial charge is 0.393 e. The highest BCUT2D eigenvalue weighted by atomic mass is 19.2. The molecule has 0 spiro atoms. The molecular formula is C20H16F3N3O2. The topological polar surface area (TPSA) is 69.9 Å². The molecule has 0 aliphatic carbocycles. The van der Waals surface area contributed by atoms with Crippen LogP contribution in [0, 0.1) is 24.4 Å². The van der Waals surface area contributed by atoms with Crippen LogP contribution in [-0.2, 0) is 6.42 Å². The number of halogens is 3. The molecule has 2 heterocycles. The predicted molar refractivity (Wildman–Crippen MR) is 98.9 cm³/mol. The molecule has 1 amide bonds. The Kier molecular flexibility index (Phi) is 4.46. The first kappa shape index (κ1) is 18.0. The van der Waals surface area contributed by atoms with Crippen LogP contribution >= 0.6 is 0 Å². The van der Waals surface area contributed by atoms with E-state index in [1.165, 1.54) is 24.3 Å². The fraction of sp³-hybridized carbons (Fsp3) is 0.150. The minimum Gasteiger partial charge on any atom is -0.393 e. The maximum Gasteiger partial charge on any atom is 0.413 e. The number of aromatic amines is 2. The molecule has 3 N–H and O–H groups in total. The Bertz CT molecular complexity index is 1200. The van der Waals surface area contributed by atoms with Crippen LogP contribution in [0.4, 0.5) is 18.0 Å². The van der Waals surface area contributed by atoms with Gasteiger partial charge < -0.3 is 20.0 Å². The predicted octanol–water partition coefficient (Wildman–Crippen LogP) is 4.71. The zero-order chi connectivity index (χ0) is 19.8. The molecule has 0 fully saturated rings. The van der Waals surface area contributed by atoms with Gasteiger partial charge in [0.25, 0.3) is 0 Å². The van der Waals surface area contributed by atoms with Crippen LogP contribution in [0.2, 0.25) is 0 Å². The van der Waals surface area contributed by atoms with Crippen molar-refractivity contribution in [2.24, 2.45) is 0 Å². The number of carbonyl (C=O) groups is 1. The Hall–Kier alpha value is -3.42. The zero-order valence-electron chi connectivity index (χ0n) is 14.8. The molecule has 2 aromatic heterocycles. The summed E-state index contributed by atoms with van der Waals surface area (Å²) in [5.74, 6) is -2.03. The lowest BCUT2D eigenvalue weighted by molar-refractivity contribution is 0.199. The van der Waals surface area contributed by atoms with Gasteiger partial charge in [0.05, 0.1) is 5.52 Å². The van der Waals surface area contributed by atoms with Gasteiger partial charge >= 0.3 is 6.09 Å². The van der Waals surface area contributed by atoms with Crippen LogP contribution < -0.4 is 10.1 Å². The van der Waals surface area contributed by atoms with E-state index in [-0.39, 0.29) is 23.8 Å². The number of ether oxygens (including phenoxy) is 1. The average molecular weight is 387 g/mol. The summed E-state index contributed by atoms with van der Waals surface area (Å²) in [6.07, 6.45) is -0.272. The van der Waals surface area contributed by atoms with Crippen LogP contribution in [-0.4, -0.2) is 22.6 Å². The number of aromatic nitrogens is 2. The number of rotatable bonds is 4. The van der Waals surface area contributed by atoms with E-state index in [4.69, 9.17) is 4.74 Å². The molecule has 0 bridgehead atoms. The summed E-state index contributed by atoms with van der Waals surface area (Å²) < 4.78 is 45.6. The van der Waals surface area contributed by atoms with Crippen LogP contribution in [0.25, 0.3) is 21.8 Å². The quantitative estimate of drug-likeness (QED) is 0.475. The van der Waals surface area contributed by atoms with E-state index in [1.807, 2.05) is 0 Å². The van der Waals surface area contributed by atoms with Crippen molar-refractivity contribution >= 4 is 27.9 Å². The molecule has 4 aromatic rings. The highest BCUT2D eigenvalue weighted by Gasteiger charge is 2.15. The van der Waals surface area contributed by atoms with E-state index in [0.29, 0.717) is 28.4 Å². The van der Waals surface area contributed by atoms with Crippen molar-refractivity contribution in [2.75, 3.05) is 6.54 Å². The molecule has 144 valence electrons. The third kappa shape index (κ3) is 3.28. The normalized spacial score (nSPS) is 11.3. The number of hydrogen-bond acceptors (Lipinski definition) is 2. The Morgan fingerprint density at radius 2 is 1.93 bits per heavy atom. The fourth-order valence-electron chi connectivity index (χ4n) is 3.27. The van der Waals surface area contributed by atoms with Crippen LogP contribution in [0.5, 0.6) is 5.88 Å². The summed E-state index contributed by atoms with van der Waals surface area (Å²) in [6.45, 7) is 2.00. The molecule has 5 nitrogen and oxygen atoms in total. The lowest BCUT2D eigenvalue weighted by atomic mass is 10.1. The Morgan fingerprint density at radius 1 is 1.11 bits per heavy atom. The van der Waals surface area contributed by atoms with Gasteiger partial charge in [0, 0.05) is 34.6 Å². The largest absolute Gasteiger partial charge is 0.413 e. The van der Waals surface area contributed by atoms with E-state index in [1.54, 1.807) is 13.0 Å². The van der Waals surface area contributed by atoms with Gasteiger partial charge in [0.2, 0.25) is 5.88 Å². The van der Waals surface area contributed by atoms with Crippen molar-refractivity contribution in [1.29, 1.82) is 0 Å². The maximum absolute atomic E-state index is 13.9. The van der Waals surface area contributed by atoms with Crippen molar-refractivity contribution in [3.8, 4) is 5.88 Å². The number of amides is 1. The summed E-state index contributed by atoms with van der Waals surface area (Å²) in [4.78, 5) is 17.7. The number of H-pyrrole nitrogens is 2. The van der Waals surface area contributed by atoms with Crippen molar-refractivity contribution in [2.45, 2.75) is 13.3 Å². The minimum absolute atomic E-state index is 0.111. The van der Waals surface area contributed by atoms with Gasteiger partial charge in [-0.2, -0.15) is 0 Å². The van der Waals surface area contributed by atoms with Gasteiger partial charge in [-0.3, -0.25) is 0 Å². The highest BCUT2D eigenvalue weighted by molar-refractivity contribution is 5.85. The Labute approximate surface area is 157 Å².